The molecule has 0 aliphatic heterocycles. The molecule has 0 amide bonds. The van der Waals surface area contributed by atoms with E-state index in [4.69, 9.17) is 9.16 Å². The molecule has 1 atom stereocenters. The van der Waals surface area contributed by atoms with Crippen LogP contribution in [0.1, 0.15) is 59.4 Å². The zero-order chi connectivity index (χ0) is 20.6. The maximum atomic E-state index is 6.75. The minimum atomic E-state index is -1.93. The number of benzene rings is 1. The molecule has 0 spiro atoms. The molecule has 1 aromatic rings. The number of allylic oxidation sites excluding steroid dienone is 1. The number of halogens is 1. The van der Waals surface area contributed by atoms with Crippen molar-refractivity contribution in [3.05, 3.63) is 34.3 Å². The number of hydrogen-bond donors (Lipinski definition) is 0. The van der Waals surface area contributed by atoms with Crippen LogP contribution in [0.3, 0.4) is 0 Å². The van der Waals surface area contributed by atoms with E-state index in [0.717, 1.165) is 28.8 Å². The van der Waals surface area contributed by atoms with Gasteiger partial charge in [-0.25, -0.2) is 0 Å². The molecule has 0 unspecified atom stereocenters. The first kappa shape index (κ1) is 22.5. The summed E-state index contributed by atoms with van der Waals surface area (Å²) in [6.07, 6.45) is 4.60. The van der Waals surface area contributed by atoms with Gasteiger partial charge in [0, 0.05) is 0 Å². The molecule has 0 saturated heterocycles. The minimum absolute atomic E-state index is 0.157. The second kappa shape index (κ2) is 7.94. The number of methoxy groups -OCH3 is 1. The molecule has 152 valence electrons. The van der Waals surface area contributed by atoms with Crippen LogP contribution in [0.15, 0.2) is 28.8 Å². The first-order chi connectivity index (χ1) is 12.3. The van der Waals surface area contributed by atoms with Gasteiger partial charge in [0.1, 0.15) is 11.5 Å². The van der Waals surface area contributed by atoms with Gasteiger partial charge in [0.15, 0.2) is 0 Å². The zero-order valence-electron chi connectivity index (χ0n) is 18.5. The SMILES string of the molecule is C=C1CCCC(C)(C)[C@H]1Cc1cc(OC)c(Br)cc1O[Si](C)(C)C(C)(C)C. The fourth-order valence-corrected chi connectivity index (χ4v) is 5.26. The Bertz CT molecular complexity index is 701. The maximum absolute atomic E-state index is 6.75. The lowest BCUT2D eigenvalue weighted by molar-refractivity contribution is 0.188. The van der Waals surface area contributed by atoms with Crippen LogP contribution >= 0.6 is 15.9 Å². The average molecular weight is 454 g/mol. The van der Waals surface area contributed by atoms with Crippen LogP contribution in [-0.2, 0) is 6.42 Å². The van der Waals surface area contributed by atoms with E-state index in [-0.39, 0.29) is 10.5 Å². The predicted octanol–water partition coefficient (Wildman–Crippen LogP) is 7.77. The third-order valence-corrected chi connectivity index (χ3v) is 11.6. The van der Waals surface area contributed by atoms with Crippen LogP contribution in [0.2, 0.25) is 18.1 Å². The summed E-state index contributed by atoms with van der Waals surface area (Å²) < 4.78 is 13.3. The van der Waals surface area contributed by atoms with Gasteiger partial charge >= 0.3 is 0 Å². The van der Waals surface area contributed by atoms with Crippen molar-refractivity contribution in [1.82, 2.24) is 0 Å². The van der Waals surface area contributed by atoms with Crippen LogP contribution < -0.4 is 9.16 Å². The molecule has 0 heterocycles. The summed E-state index contributed by atoms with van der Waals surface area (Å²) in [7, 11) is -0.206. The van der Waals surface area contributed by atoms with Gasteiger partial charge in [-0.1, -0.05) is 46.8 Å². The van der Waals surface area contributed by atoms with Crippen LogP contribution in [-0.4, -0.2) is 15.4 Å². The maximum Gasteiger partial charge on any atom is 0.250 e. The molecule has 27 heavy (non-hydrogen) atoms. The summed E-state index contributed by atoms with van der Waals surface area (Å²) in [6.45, 7) is 20.6. The van der Waals surface area contributed by atoms with Crippen molar-refractivity contribution in [2.75, 3.05) is 7.11 Å². The summed E-state index contributed by atoms with van der Waals surface area (Å²) in [6, 6.07) is 4.26. The van der Waals surface area contributed by atoms with Gasteiger partial charge in [0.2, 0.25) is 8.32 Å². The Balaban J connectivity index is 2.46. The first-order valence-electron chi connectivity index (χ1n) is 10.0. The van der Waals surface area contributed by atoms with Gasteiger partial charge in [-0.05, 0) is 88.8 Å². The largest absolute Gasteiger partial charge is 0.543 e. The summed E-state index contributed by atoms with van der Waals surface area (Å²) in [4.78, 5) is 0. The number of ether oxygens (including phenoxy) is 1. The highest BCUT2D eigenvalue weighted by molar-refractivity contribution is 9.10. The van der Waals surface area contributed by atoms with E-state index in [2.05, 4.69) is 82.4 Å². The minimum Gasteiger partial charge on any atom is -0.543 e. The van der Waals surface area contributed by atoms with Crippen molar-refractivity contribution in [3.8, 4) is 11.5 Å². The highest BCUT2D eigenvalue weighted by Gasteiger charge is 2.40. The third kappa shape index (κ3) is 5.00. The normalized spacial score (nSPS) is 20.5. The van der Waals surface area contributed by atoms with Crippen molar-refractivity contribution < 1.29 is 9.16 Å². The Kier molecular flexibility index (Phi) is 6.63. The van der Waals surface area contributed by atoms with E-state index < -0.39 is 8.32 Å². The molecule has 1 saturated carbocycles. The standard InChI is InChI=1S/C23H37BrO2Si/c1-16-11-10-12-23(5,6)18(16)13-17-14-21(25-7)19(24)15-20(17)26-27(8,9)22(2,3)4/h14-15,18H,1,10-13H2,2-9H3/t18-/m0/s1. The molecule has 4 heteroatoms. The Hall–Kier alpha value is -0.743. The van der Waals surface area contributed by atoms with Gasteiger partial charge in [0.25, 0.3) is 0 Å². The predicted molar refractivity (Wildman–Crippen MR) is 122 cm³/mol. The lowest BCUT2D eigenvalue weighted by Crippen LogP contribution is -2.44. The lowest BCUT2D eigenvalue weighted by atomic mass is 9.65. The summed E-state index contributed by atoms with van der Waals surface area (Å²) >= 11 is 3.65. The van der Waals surface area contributed by atoms with E-state index in [1.54, 1.807) is 7.11 Å². The molecular weight excluding hydrogens is 416 g/mol. The highest BCUT2D eigenvalue weighted by Crippen LogP contribution is 2.47. The van der Waals surface area contributed by atoms with Gasteiger partial charge in [-0.3, -0.25) is 0 Å². The van der Waals surface area contributed by atoms with E-state index in [0.29, 0.717) is 5.92 Å². The molecule has 2 nitrogen and oxygen atoms in total. The van der Waals surface area contributed by atoms with Crippen molar-refractivity contribution >= 4 is 24.2 Å². The molecule has 0 aromatic heterocycles. The molecule has 1 aliphatic carbocycles. The second-order valence-electron chi connectivity index (χ2n) is 10.2. The molecule has 0 bridgehead atoms. The van der Waals surface area contributed by atoms with Gasteiger partial charge in [0.05, 0.1) is 11.6 Å². The first-order valence-corrected chi connectivity index (χ1v) is 13.7. The van der Waals surface area contributed by atoms with E-state index in [1.165, 1.54) is 24.0 Å². The van der Waals surface area contributed by atoms with Crippen LogP contribution in [0.5, 0.6) is 11.5 Å². The highest BCUT2D eigenvalue weighted by atomic mass is 79.9. The van der Waals surface area contributed by atoms with Crippen molar-refractivity contribution in [3.63, 3.8) is 0 Å². The van der Waals surface area contributed by atoms with E-state index in [9.17, 15) is 0 Å². The Labute approximate surface area is 176 Å². The zero-order valence-corrected chi connectivity index (χ0v) is 21.0. The molecule has 1 fully saturated rings. The fourth-order valence-electron chi connectivity index (χ4n) is 3.73. The van der Waals surface area contributed by atoms with Gasteiger partial charge in [-0.15, -0.1) is 0 Å². The third-order valence-electron chi connectivity index (χ3n) is 6.69. The van der Waals surface area contributed by atoms with Crippen molar-refractivity contribution in [2.24, 2.45) is 11.3 Å². The van der Waals surface area contributed by atoms with Crippen LogP contribution in [0.4, 0.5) is 0 Å². The Morgan fingerprint density at radius 3 is 2.37 bits per heavy atom. The molecule has 0 radical (unpaired) electrons. The average Bonchev–Trinajstić information content (AvgIpc) is 2.51. The van der Waals surface area contributed by atoms with E-state index in [1.807, 2.05) is 0 Å². The lowest BCUT2D eigenvalue weighted by Gasteiger charge is -2.41. The van der Waals surface area contributed by atoms with Gasteiger partial charge in [-0.2, -0.15) is 0 Å². The van der Waals surface area contributed by atoms with Crippen molar-refractivity contribution in [1.29, 1.82) is 0 Å². The number of hydrogen-bond acceptors (Lipinski definition) is 2. The molecule has 1 aromatic carbocycles. The van der Waals surface area contributed by atoms with Gasteiger partial charge < -0.3 is 9.16 Å². The van der Waals surface area contributed by atoms with E-state index >= 15 is 0 Å². The second-order valence-corrected chi connectivity index (χ2v) is 15.8. The smallest absolute Gasteiger partial charge is 0.250 e. The van der Waals surface area contributed by atoms with Crippen LogP contribution in [0, 0.1) is 11.3 Å². The molecule has 1 aliphatic rings. The Morgan fingerprint density at radius 2 is 1.85 bits per heavy atom. The molecule has 2 rings (SSSR count). The Morgan fingerprint density at radius 1 is 1.22 bits per heavy atom. The number of rotatable bonds is 5. The topological polar surface area (TPSA) is 18.5 Å². The monoisotopic (exact) mass is 452 g/mol. The molecular formula is C23H37BrO2Si. The fraction of sp³-hybridized carbons (Fsp3) is 0.652. The molecule has 0 N–H and O–H groups in total. The quantitative estimate of drug-likeness (QED) is 0.335. The summed E-state index contributed by atoms with van der Waals surface area (Å²) in [5.41, 5.74) is 2.89. The summed E-state index contributed by atoms with van der Waals surface area (Å²) in [5.74, 6) is 2.34. The van der Waals surface area contributed by atoms with Crippen molar-refractivity contribution in [2.45, 2.75) is 78.4 Å². The summed E-state index contributed by atoms with van der Waals surface area (Å²) in [5, 5.41) is 0.157. The van der Waals surface area contributed by atoms with Crippen LogP contribution in [0.25, 0.3) is 0 Å².